The lowest BCUT2D eigenvalue weighted by molar-refractivity contribution is -0.139. The number of nitrogens with one attached hydrogen (secondary N) is 1. The molecule has 2 fully saturated rings. The molecule has 1 aromatic rings. The summed E-state index contributed by atoms with van der Waals surface area (Å²) in [6.07, 6.45) is 2.69. The lowest BCUT2D eigenvalue weighted by Gasteiger charge is -2.30. The number of para-hydroxylation sites is 1. The molecule has 1 aliphatic heterocycles. The molecule has 1 aliphatic carbocycles. The van der Waals surface area contributed by atoms with Crippen LogP contribution in [-0.2, 0) is 9.59 Å². The van der Waals surface area contributed by atoms with Gasteiger partial charge in [-0.15, -0.1) is 11.8 Å². The molecule has 0 bridgehead atoms. The van der Waals surface area contributed by atoms with Crippen LogP contribution in [0.15, 0.2) is 24.3 Å². The second-order valence-corrected chi connectivity index (χ2v) is 8.13. The highest BCUT2D eigenvalue weighted by Gasteiger charge is 2.46. The van der Waals surface area contributed by atoms with E-state index in [0.29, 0.717) is 11.7 Å². The second-order valence-electron chi connectivity index (χ2n) is 6.92. The summed E-state index contributed by atoms with van der Waals surface area (Å²) >= 11 is 1.65. The number of thioether (sulfide) groups is 1. The molecule has 1 heterocycles. The molecule has 0 spiro atoms. The van der Waals surface area contributed by atoms with Gasteiger partial charge in [0, 0.05) is 11.7 Å². The fraction of sp³-hybridized carbons (Fsp3) is 0.556. The van der Waals surface area contributed by atoms with Crippen molar-refractivity contribution < 1.29 is 14.0 Å². The molecule has 2 unspecified atom stereocenters. The lowest BCUT2D eigenvalue weighted by atomic mass is 10.1. The summed E-state index contributed by atoms with van der Waals surface area (Å²) in [5.41, 5.74) is 0.165. The van der Waals surface area contributed by atoms with Gasteiger partial charge in [0.2, 0.25) is 11.8 Å². The van der Waals surface area contributed by atoms with E-state index in [4.69, 9.17) is 0 Å². The van der Waals surface area contributed by atoms with Crippen LogP contribution >= 0.6 is 11.8 Å². The molecule has 3 rings (SSSR count). The van der Waals surface area contributed by atoms with E-state index in [9.17, 15) is 14.0 Å². The first-order valence-corrected chi connectivity index (χ1v) is 9.51. The Labute approximate surface area is 146 Å². The van der Waals surface area contributed by atoms with Crippen LogP contribution in [0.4, 0.5) is 10.1 Å². The van der Waals surface area contributed by atoms with E-state index >= 15 is 0 Å². The number of hydrogen-bond donors (Lipinski definition) is 1. The highest BCUT2D eigenvalue weighted by Crippen LogP contribution is 2.39. The van der Waals surface area contributed by atoms with E-state index in [1.807, 2.05) is 0 Å². The van der Waals surface area contributed by atoms with Gasteiger partial charge >= 0.3 is 0 Å². The minimum absolute atomic E-state index is 0.0365. The Hall–Kier alpha value is -1.56. The van der Waals surface area contributed by atoms with Gasteiger partial charge in [-0.25, -0.2) is 4.39 Å². The second kappa shape index (κ2) is 7.13. The molecule has 1 N–H and O–H groups in total. The highest BCUT2D eigenvalue weighted by atomic mass is 32.2. The summed E-state index contributed by atoms with van der Waals surface area (Å²) in [4.78, 5) is 27.1. The number of rotatable bonds is 5. The van der Waals surface area contributed by atoms with Crippen LogP contribution in [0.3, 0.4) is 0 Å². The Morgan fingerprint density at radius 1 is 1.33 bits per heavy atom. The van der Waals surface area contributed by atoms with Gasteiger partial charge in [-0.2, -0.15) is 0 Å². The van der Waals surface area contributed by atoms with Crippen LogP contribution in [0.5, 0.6) is 0 Å². The van der Waals surface area contributed by atoms with Crippen molar-refractivity contribution in [1.29, 1.82) is 0 Å². The fourth-order valence-electron chi connectivity index (χ4n) is 2.97. The third kappa shape index (κ3) is 3.74. The first-order chi connectivity index (χ1) is 11.5. The van der Waals surface area contributed by atoms with Gasteiger partial charge in [-0.3, -0.25) is 9.59 Å². The third-order valence-electron chi connectivity index (χ3n) is 4.38. The van der Waals surface area contributed by atoms with Crippen LogP contribution in [0, 0.1) is 17.7 Å². The lowest BCUT2D eigenvalue weighted by Crippen LogP contribution is -2.48. The van der Waals surface area contributed by atoms with Crippen molar-refractivity contribution in [3.63, 3.8) is 0 Å². The maximum absolute atomic E-state index is 13.8. The normalized spacial score (nSPS) is 23.6. The van der Waals surface area contributed by atoms with Crippen molar-refractivity contribution >= 4 is 29.3 Å². The van der Waals surface area contributed by atoms with Crippen molar-refractivity contribution in [1.82, 2.24) is 4.90 Å². The number of carbonyl (C=O) groups excluding carboxylic acids is 2. The van der Waals surface area contributed by atoms with Crippen molar-refractivity contribution in [2.45, 2.75) is 44.5 Å². The van der Waals surface area contributed by atoms with Gasteiger partial charge in [-0.05, 0) is 37.3 Å². The molecule has 2 atom stereocenters. The number of amides is 2. The van der Waals surface area contributed by atoms with E-state index in [1.165, 1.54) is 12.1 Å². The Morgan fingerprint density at radius 2 is 2.04 bits per heavy atom. The van der Waals surface area contributed by atoms with Crippen LogP contribution in [-0.4, -0.2) is 33.9 Å². The standard InChI is InChI=1S/C18H23FN2O2S/c1-11(2)9-16-21(18(23)12-7-8-12)15(10-24-16)17(22)20-14-6-4-3-5-13(14)19/h3-6,11-12,15-16H,7-10H2,1-2H3,(H,20,22). The minimum Gasteiger partial charge on any atom is -0.322 e. The average molecular weight is 350 g/mol. The molecule has 1 saturated carbocycles. The molecule has 2 aliphatic rings. The Kier molecular flexibility index (Phi) is 5.13. The predicted octanol–water partition coefficient (Wildman–Crippen LogP) is 3.49. The van der Waals surface area contributed by atoms with Gasteiger partial charge in [-0.1, -0.05) is 26.0 Å². The summed E-state index contributed by atoms with van der Waals surface area (Å²) in [7, 11) is 0. The molecule has 4 nitrogen and oxygen atoms in total. The Balaban J connectivity index is 1.76. The van der Waals surface area contributed by atoms with Gasteiger partial charge in [0.15, 0.2) is 0 Å². The largest absolute Gasteiger partial charge is 0.322 e. The van der Waals surface area contributed by atoms with Crippen molar-refractivity contribution in [2.75, 3.05) is 11.1 Å². The summed E-state index contributed by atoms with van der Waals surface area (Å²) < 4.78 is 13.8. The quantitative estimate of drug-likeness (QED) is 0.884. The first kappa shape index (κ1) is 17.3. The topological polar surface area (TPSA) is 49.4 Å². The Morgan fingerprint density at radius 3 is 2.67 bits per heavy atom. The van der Waals surface area contributed by atoms with Crippen LogP contribution in [0.1, 0.15) is 33.1 Å². The van der Waals surface area contributed by atoms with E-state index in [2.05, 4.69) is 19.2 Å². The van der Waals surface area contributed by atoms with Crippen molar-refractivity contribution in [2.24, 2.45) is 11.8 Å². The maximum atomic E-state index is 13.8. The highest BCUT2D eigenvalue weighted by molar-refractivity contribution is 8.00. The summed E-state index contributed by atoms with van der Waals surface area (Å²) in [6, 6.07) is 5.59. The zero-order valence-corrected chi connectivity index (χ0v) is 14.8. The average Bonchev–Trinajstić information content (AvgIpc) is 3.30. The number of carbonyl (C=O) groups is 2. The molecule has 0 aromatic heterocycles. The molecule has 24 heavy (non-hydrogen) atoms. The van der Waals surface area contributed by atoms with Gasteiger partial charge < -0.3 is 10.2 Å². The van der Waals surface area contributed by atoms with Gasteiger partial charge in [0.25, 0.3) is 0 Å². The molecular weight excluding hydrogens is 327 g/mol. The van der Waals surface area contributed by atoms with Gasteiger partial charge in [0.05, 0.1) is 11.1 Å². The number of hydrogen-bond acceptors (Lipinski definition) is 3. The van der Waals surface area contributed by atoms with E-state index in [-0.39, 0.29) is 28.8 Å². The minimum atomic E-state index is -0.522. The first-order valence-electron chi connectivity index (χ1n) is 8.46. The van der Waals surface area contributed by atoms with Crippen LogP contribution in [0.25, 0.3) is 0 Å². The maximum Gasteiger partial charge on any atom is 0.248 e. The van der Waals surface area contributed by atoms with Crippen molar-refractivity contribution in [3.8, 4) is 0 Å². The van der Waals surface area contributed by atoms with E-state index in [1.54, 1.807) is 28.8 Å². The predicted molar refractivity (Wildman–Crippen MR) is 94.1 cm³/mol. The van der Waals surface area contributed by atoms with Crippen molar-refractivity contribution in [3.05, 3.63) is 30.1 Å². The molecular formula is C18H23FN2O2S. The van der Waals surface area contributed by atoms with E-state index in [0.717, 1.165) is 19.3 Å². The number of benzene rings is 1. The van der Waals surface area contributed by atoms with Crippen LogP contribution < -0.4 is 5.32 Å². The smallest absolute Gasteiger partial charge is 0.248 e. The monoisotopic (exact) mass is 350 g/mol. The summed E-state index contributed by atoms with van der Waals surface area (Å²) in [5.74, 6) is 0.408. The van der Waals surface area contributed by atoms with Gasteiger partial charge in [0.1, 0.15) is 11.9 Å². The fourth-order valence-corrected chi connectivity index (χ4v) is 4.61. The van der Waals surface area contributed by atoms with Crippen LogP contribution in [0.2, 0.25) is 0 Å². The zero-order valence-electron chi connectivity index (χ0n) is 14.0. The molecule has 1 aromatic carbocycles. The molecule has 2 amide bonds. The number of nitrogens with zero attached hydrogens (tertiary/aromatic N) is 1. The zero-order chi connectivity index (χ0) is 17.3. The molecule has 130 valence electrons. The van der Waals surface area contributed by atoms with E-state index < -0.39 is 11.9 Å². The SMILES string of the molecule is CC(C)CC1SCC(C(=O)Nc2ccccc2F)N1C(=O)C1CC1. The number of anilines is 1. The number of halogens is 1. The Bertz CT molecular complexity index is 633. The molecule has 0 radical (unpaired) electrons. The third-order valence-corrected chi connectivity index (χ3v) is 5.69. The molecule has 6 heteroatoms. The summed E-state index contributed by atoms with van der Waals surface area (Å²) in [5, 5.41) is 2.69. The summed E-state index contributed by atoms with van der Waals surface area (Å²) in [6.45, 7) is 4.24. The molecule has 1 saturated heterocycles.